The molecule has 2 rings (SSSR count). The summed E-state index contributed by atoms with van der Waals surface area (Å²) in [6.45, 7) is 0.350. The lowest BCUT2D eigenvalue weighted by Crippen LogP contribution is -2.43. The monoisotopic (exact) mass is 321 g/mol. The number of rotatable bonds is 7. The zero-order valence-corrected chi connectivity index (χ0v) is 14.3. The number of hydrogen-bond acceptors (Lipinski definition) is 4. The van der Waals surface area contributed by atoms with Crippen molar-refractivity contribution in [3.63, 3.8) is 0 Å². The van der Waals surface area contributed by atoms with E-state index in [-0.39, 0.29) is 11.8 Å². The predicted octanol–water partition coefficient (Wildman–Crippen LogP) is 3.23. The Morgan fingerprint density at radius 2 is 1.78 bits per heavy atom. The van der Waals surface area contributed by atoms with Gasteiger partial charge in [0.25, 0.3) is 0 Å². The van der Waals surface area contributed by atoms with Crippen LogP contribution < -0.4 is 9.64 Å². The molecule has 0 unspecified atom stereocenters. The van der Waals surface area contributed by atoms with Crippen molar-refractivity contribution in [3.8, 4) is 5.75 Å². The van der Waals surface area contributed by atoms with Crippen LogP contribution in [0.15, 0.2) is 24.3 Å². The molecule has 1 aliphatic carbocycles. The number of carbonyl (C=O) groups is 1. The molecule has 1 fully saturated rings. The first-order valence-electron chi connectivity index (χ1n) is 8.21. The number of amides is 1. The van der Waals surface area contributed by atoms with Gasteiger partial charge in [0.1, 0.15) is 5.75 Å². The fraction of sp³-hybridized carbons (Fsp3) is 0.611. The highest BCUT2D eigenvalue weighted by atomic mass is 16.7. The molecule has 0 N–H and O–H groups in total. The number of nitrogens with zero attached hydrogens (tertiary/aromatic N) is 1. The van der Waals surface area contributed by atoms with Crippen molar-refractivity contribution in [1.82, 2.24) is 0 Å². The van der Waals surface area contributed by atoms with Crippen LogP contribution in [-0.4, -0.2) is 40.1 Å². The van der Waals surface area contributed by atoms with E-state index in [1.165, 1.54) is 6.42 Å². The number of anilines is 1. The van der Waals surface area contributed by atoms with Crippen molar-refractivity contribution in [2.24, 2.45) is 5.92 Å². The van der Waals surface area contributed by atoms with Gasteiger partial charge in [0.05, 0.1) is 19.3 Å². The molecule has 1 aromatic rings. The summed E-state index contributed by atoms with van der Waals surface area (Å²) in [6.07, 6.45) is 4.90. The lowest BCUT2D eigenvalue weighted by molar-refractivity contribution is -0.127. The number of carbonyl (C=O) groups excluding carboxylic acids is 1. The number of ether oxygens (including phenoxy) is 3. The Labute approximate surface area is 138 Å². The highest BCUT2D eigenvalue weighted by Gasteiger charge is 2.30. The second kappa shape index (κ2) is 8.89. The van der Waals surface area contributed by atoms with E-state index in [0.29, 0.717) is 12.3 Å². The van der Waals surface area contributed by atoms with Gasteiger partial charge in [-0.2, -0.15) is 0 Å². The molecular weight excluding hydrogens is 294 g/mol. The Morgan fingerprint density at radius 1 is 1.13 bits per heavy atom. The van der Waals surface area contributed by atoms with E-state index in [1.54, 1.807) is 26.2 Å². The van der Waals surface area contributed by atoms with Gasteiger partial charge >= 0.3 is 0 Å². The third-order valence-corrected chi connectivity index (χ3v) is 4.45. The highest BCUT2D eigenvalue weighted by molar-refractivity contribution is 5.96. The molecule has 1 aliphatic rings. The molecule has 5 nitrogen and oxygen atoms in total. The molecule has 0 aromatic heterocycles. The van der Waals surface area contributed by atoms with Crippen molar-refractivity contribution in [2.75, 3.05) is 32.8 Å². The molecule has 0 radical (unpaired) electrons. The molecule has 23 heavy (non-hydrogen) atoms. The molecular formula is C18H27NO4. The average molecular weight is 321 g/mol. The first-order valence-corrected chi connectivity index (χ1v) is 8.21. The standard InChI is InChI=1S/C18H27NO4/c1-21-16-12-8-7-11-15(16)19(13-17(22-2)23-3)18(20)14-9-5-4-6-10-14/h7-8,11-12,14,17H,4-6,9-10,13H2,1-3H3. The van der Waals surface area contributed by atoms with Gasteiger partial charge in [-0.1, -0.05) is 31.4 Å². The predicted molar refractivity (Wildman–Crippen MR) is 89.7 cm³/mol. The van der Waals surface area contributed by atoms with Crippen molar-refractivity contribution in [3.05, 3.63) is 24.3 Å². The summed E-state index contributed by atoms with van der Waals surface area (Å²) in [5, 5.41) is 0. The van der Waals surface area contributed by atoms with Gasteiger partial charge in [-0.05, 0) is 25.0 Å². The number of methoxy groups -OCH3 is 3. The van der Waals surface area contributed by atoms with Gasteiger partial charge in [0.15, 0.2) is 6.29 Å². The zero-order chi connectivity index (χ0) is 16.7. The summed E-state index contributed by atoms with van der Waals surface area (Å²) in [5.74, 6) is 0.888. The van der Waals surface area contributed by atoms with Crippen LogP contribution in [0.1, 0.15) is 32.1 Å². The molecule has 0 heterocycles. The summed E-state index contributed by atoms with van der Waals surface area (Å²) < 4.78 is 16.0. The summed E-state index contributed by atoms with van der Waals surface area (Å²) in [5.41, 5.74) is 0.768. The van der Waals surface area contributed by atoms with Gasteiger partial charge in [0.2, 0.25) is 5.91 Å². The molecule has 1 saturated carbocycles. The minimum Gasteiger partial charge on any atom is -0.495 e. The fourth-order valence-corrected chi connectivity index (χ4v) is 3.12. The average Bonchev–Trinajstić information content (AvgIpc) is 2.63. The molecule has 0 spiro atoms. The van der Waals surface area contributed by atoms with Crippen LogP contribution in [0.5, 0.6) is 5.75 Å². The number of benzene rings is 1. The molecule has 0 aliphatic heterocycles. The smallest absolute Gasteiger partial charge is 0.230 e. The van der Waals surface area contributed by atoms with E-state index in [4.69, 9.17) is 14.2 Å². The second-order valence-electron chi connectivity index (χ2n) is 5.86. The Morgan fingerprint density at radius 3 is 2.39 bits per heavy atom. The van der Waals surface area contributed by atoms with Gasteiger partial charge in [-0.25, -0.2) is 0 Å². The molecule has 128 valence electrons. The van der Waals surface area contributed by atoms with Crippen LogP contribution >= 0.6 is 0 Å². The van der Waals surface area contributed by atoms with Crippen LogP contribution in [0.4, 0.5) is 5.69 Å². The largest absolute Gasteiger partial charge is 0.495 e. The molecule has 1 aromatic carbocycles. The summed E-state index contributed by atoms with van der Waals surface area (Å²) in [7, 11) is 4.78. The van der Waals surface area contributed by atoms with Crippen LogP contribution in [-0.2, 0) is 14.3 Å². The maximum Gasteiger partial charge on any atom is 0.230 e. The van der Waals surface area contributed by atoms with Crippen LogP contribution in [0.2, 0.25) is 0 Å². The third kappa shape index (κ3) is 4.45. The summed E-state index contributed by atoms with van der Waals surface area (Å²) in [4.78, 5) is 14.8. The minimum atomic E-state index is -0.465. The van der Waals surface area contributed by atoms with Crippen LogP contribution in [0, 0.1) is 5.92 Å². The summed E-state index contributed by atoms with van der Waals surface area (Å²) >= 11 is 0. The maximum absolute atomic E-state index is 13.1. The topological polar surface area (TPSA) is 48.0 Å². The first kappa shape index (κ1) is 17.8. The van der Waals surface area contributed by atoms with Crippen molar-refractivity contribution in [2.45, 2.75) is 38.4 Å². The van der Waals surface area contributed by atoms with Gasteiger partial charge in [0, 0.05) is 20.1 Å². The Balaban J connectivity index is 2.28. The van der Waals surface area contributed by atoms with E-state index >= 15 is 0 Å². The molecule has 0 saturated heterocycles. The van der Waals surface area contributed by atoms with Gasteiger partial charge in [-0.15, -0.1) is 0 Å². The zero-order valence-electron chi connectivity index (χ0n) is 14.3. The summed E-state index contributed by atoms with van der Waals surface area (Å²) in [6, 6.07) is 7.58. The van der Waals surface area contributed by atoms with E-state index in [0.717, 1.165) is 31.4 Å². The molecule has 1 amide bonds. The maximum atomic E-state index is 13.1. The second-order valence-corrected chi connectivity index (χ2v) is 5.86. The minimum absolute atomic E-state index is 0.0722. The van der Waals surface area contributed by atoms with E-state index in [9.17, 15) is 4.79 Å². The molecule has 5 heteroatoms. The molecule has 0 atom stereocenters. The van der Waals surface area contributed by atoms with Crippen molar-refractivity contribution in [1.29, 1.82) is 0 Å². The molecule has 0 bridgehead atoms. The van der Waals surface area contributed by atoms with Gasteiger partial charge in [-0.3, -0.25) is 4.79 Å². The van der Waals surface area contributed by atoms with Crippen molar-refractivity contribution < 1.29 is 19.0 Å². The Hall–Kier alpha value is -1.59. The lowest BCUT2D eigenvalue weighted by Gasteiger charge is -2.32. The quantitative estimate of drug-likeness (QED) is 0.724. The third-order valence-electron chi connectivity index (χ3n) is 4.45. The number of hydrogen-bond donors (Lipinski definition) is 0. The van der Waals surface area contributed by atoms with E-state index in [1.807, 2.05) is 24.3 Å². The highest BCUT2D eigenvalue weighted by Crippen LogP contribution is 2.32. The SMILES string of the molecule is COc1ccccc1N(CC(OC)OC)C(=O)C1CCCCC1. The number of para-hydroxylation sites is 2. The van der Waals surface area contributed by atoms with Crippen LogP contribution in [0.25, 0.3) is 0 Å². The normalized spacial score (nSPS) is 15.7. The van der Waals surface area contributed by atoms with E-state index in [2.05, 4.69) is 0 Å². The van der Waals surface area contributed by atoms with Crippen LogP contribution in [0.3, 0.4) is 0 Å². The fourth-order valence-electron chi connectivity index (χ4n) is 3.12. The van der Waals surface area contributed by atoms with Crippen molar-refractivity contribution >= 4 is 11.6 Å². The van der Waals surface area contributed by atoms with Gasteiger partial charge < -0.3 is 19.1 Å². The first-order chi connectivity index (χ1) is 11.2. The van der Waals surface area contributed by atoms with E-state index < -0.39 is 6.29 Å². The Bertz CT molecular complexity index is 496. The Kier molecular flexibility index (Phi) is 6.86. The lowest BCUT2D eigenvalue weighted by atomic mass is 9.88.